The Balaban J connectivity index is 3.16. The van der Waals surface area contributed by atoms with Gasteiger partial charge in [0.1, 0.15) is 6.10 Å². The zero-order chi connectivity index (χ0) is 15.3. The van der Waals surface area contributed by atoms with Crippen LogP contribution in [0.15, 0.2) is 21.1 Å². The lowest BCUT2D eigenvalue weighted by atomic mass is 10.1. The molecule has 0 radical (unpaired) electrons. The SMILES string of the molecule is COC(=O)c1cc(Br)cc(Br)c1NC(=O)C(CN)OC. The van der Waals surface area contributed by atoms with E-state index in [2.05, 4.69) is 37.2 Å². The number of ether oxygens (including phenoxy) is 2. The van der Waals surface area contributed by atoms with Gasteiger partial charge in [-0.2, -0.15) is 0 Å². The molecule has 6 nitrogen and oxygen atoms in total. The van der Waals surface area contributed by atoms with E-state index in [1.54, 1.807) is 12.1 Å². The summed E-state index contributed by atoms with van der Waals surface area (Å²) in [6.07, 6.45) is -0.795. The van der Waals surface area contributed by atoms with Crippen LogP contribution in [0.2, 0.25) is 0 Å². The number of hydrogen-bond donors (Lipinski definition) is 2. The number of halogens is 2. The normalized spacial score (nSPS) is 11.8. The minimum absolute atomic E-state index is 0.0318. The largest absolute Gasteiger partial charge is 0.465 e. The van der Waals surface area contributed by atoms with Crippen molar-refractivity contribution < 1.29 is 19.1 Å². The Labute approximate surface area is 133 Å². The van der Waals surface area contributed by atoms with Crippen LogP contribution in [0.1, 0.15) is 10.4 Å². The number of carbonyl (C=O) groups is 2. The molecule has 0 heterocycles. The first-order chi connectivity index (χ1) is 9.44. The van der Waals surface area contributed by atoms with Crippen molar-refractivity contribution in [3.63, 3.8) is 0 Å². The summed E-state index contributed by atoms with van der Waals surface area (Å²) in [4.78, 5) is 23.7. The van der Waals surface area contributed by atoms with Gasteiger partial charge in [0.15, 0.2) is 0 Å². The number of carbonyl (C=O) groups excluding carboxylic acids is 2. The van der Waals surface area contributed by atoms with E-state index in [9.17, 15) is 9.59 Å². The van der Waals surface area contributed by atoms with Crippen molar-refractivity contribution >= 4 is 49.4 Å². The second-order valence-electron chi connectivity index (χ2n) is 3.75. The predicted octanol–water partition coefficient (Wildman–Crippen LogP) is 1.91. The number of nitrogens with two attached hydrogens (primary N) is 1. The Hall–Kier alpha value is -0.960. The minimum Gasteiger partial charge on any atom is -0.465 e. The zero-order valence-corrected chi connectivity index (χ0v) is 14.1. The van der Waals surface area contributed by atoms with Crippen molar-refractivity contribution in [2.24, 2.45) is 5.73 Å². The average molecular weight is 410 g/mol. The Morgan fingerprint density at radius 1 is 1.35 bits per heavy atom. The van der Waals surface area contributed by atoms with Crippen LogP contribution in [0.4, 0.5) is 5.69 Å². The number of methoxy groups -OCH3 is 2. The summed E-state index contributed by atoms with van der Waals surface area (Å²) in [6.45, 7) is 0.0318. The van der Waals surface area contributed by atoms with Crippen LogP contribution in [0.5, 0.6) is 0 Å². The molecule has 0 bridgehead atoms. The molecule has 0 aromatic heterocycles. The third-order valence-electron chi connectivity index (χ3n) is 2.50. The lowest BCUT2D eigenvalue weighted by Crippen LogP contribution is -2.36. The van der Waals surface area contributed by atoms with Gasteiger partial charge in [-0.3, -0.25) is 4.79 Å². The maximum absolute atomic E-state index is 12.0. The summed E-state index contributed by atoms with van der Waals surface area (Å²) in [5, 5.41) is 2.61. The number of esters is 1. The van der Waals surface area contributed by atoms with E-state index < -0.39 is 18.0 Å². The summed E-state index contributed by atoms with van der Waals surface area (Å²) in [5.41, 5.74) is 5.95. The van der Waals surface area contributed by atoms with Crippen molar-refractivity contribution in [1.29, 1.82) is 0 Å². The van der Waals surface area contributed by atoms with Gasteiger partial charge >= 0.3 is 5.97 Å². The van der Waals surface area contributed by atoms with E-state index in [0.717, 1.165) is 0 Å². The van der Waals surface area contributed by atoms with Crippen LogP contribution in [-0.4, -0.2) is 38.7 Å². The highest BCUT2D eigenvalue weighted by Gasteiger charge is 2.22. The highest BCUT2D eigenvalue weighted by molar-refractivity contribution is 9.11. The van der Waals surface area contributed by atoms with E-state index in [4.69, 9.17) is 15.2 Å². The van der Waals surface area contributed by atoms with E-state index in [1.165, 1.54) is 14.2 Å². The van der Waals surface area contributed by atoms with Crippen molar-refractivity contribution in [3.8, 4) is 0 Å². The van der Waals surface area contributed by atoms with E-state index in [0.29, 0.717) is 14.6 Å². The van der Waals surface area contributed by atoms with Crippen LogP contribution in [0.3, 0.4) is 0 Å². The third-order valence-corrected chi connectivity index (χ3v) is 3.58. The first kappa shape index (κ1) is 17.1. The number of benzene rings is 1. The summed E-state index contributed by atoms with van der Waals surface area (Å²) >= 11 is 6.56. The summed E-state index contributed by atoms with van der Waals surface area (Å²) < 4.78 is 10.8. The number of amides is 1. The zero-order valence-electron chi connectivity index (χ0n) is 10.9. The molecule has 1 atom stereocenters. The average Bonchev–Trinajstić information content (AvgIpc) is 2.42. The highest BCUT2D eigenvalue weighted by atomic mass is 79.9. The van der Waals surface area contributed by atoms with E-state index >= 15 is 0 Å². The third kappa shape index (κ3) is 4.02. The van der Waals surface area contributed by atoms with Crippen LogP contribution in [0, 0.1) is 0 Å². The van der Waals surface area contributed by atoms with Gasteiger partial charge in [-0.25, -0.2) is 4.79 Å². The summed E-state index contributed by atoms with van der Waals surface area (Å²) in [6, 6.07) is 3.25. The Bertz CT molecular complexity index is 518. The van der Waals surface area contributed by atoms with Gasteiger partial charge in [0.25, 0.3) is 5.91 Å². The molecular weight excluding hydrogens is 396 g/mol. The highest BCUT2D eigenvalue weighted by Crippen LogP contribution is 2.31. The van der Waals surface area contributed by atoms with Crippen molar-refractivity contribution in [1.82, 2.24) is 0 Å². The first-order valence-corrected chi connectivity index (χ1v) is 7.14. The van der Waals surface area contributed by atoms with Crippen LogP contribution < -0.4 is 11.1 Å². The van der Waals surface area contributed by atoms with Crippen molar-refractivity contribution in [2.45, 2.75) is 6.10 Å². The summed E-state index contributed by atoms with van der Waals surface area (Å²) in [5.74, 6) is -1.01. The molecular formula is C12H14Br2N2O4. The number of hydrogen-bond acceptors (Lipinski definition) is 5. The van der Waals surface area contributed by atoms with Gasteiger partial charge < -0.3 is 20.5 Å². The fraction of sp³-hybridized carbons (Fsp3) is 0.333. The molecule has 1 unspecified atom stereocenters. The monoisotopic (exact) mass is 408 g/mol. The fourth-order valence-corrected chi connectivity index (χ4v) is 2.81. The van der Waals surface area contributed by atoms with Gasteiger partial charge in [0.2, 0.25) is 0 Å². The lowest BCUT2D eigenvalue weighted by Gasteiger charge is -2.16. The van der Waals surface area contributed by atoms with E-state index in [-0.39, 0.29) is 12.1 Å². The molecule has 0 saturated heterocycles. The first-order valence-electron chi connectivity index (χ1n) is 5.55. The predicted molar refractivity (Wildman–Crippen MR) is 81.7 cm³/mol. The van der Waals surface area contributed by atoms with Crippen LogP contribution in [-0.2, 0) is 14.3 Å². The molecule has 0 aliphatic heterocycles. The van der Waals surface area contributed by atoms with Gasteiger partial charge in [-0.1, -0.05) is 15.9 Å². The molecule has 1 rings (SSSR count). The number of rotatable bonds is 5. The summed E-state index contributed by atoms with van der Waals surface area (Å²) in [7, 11) is 2.65. The molecule has 0 aliphatic carbocycles. The van der Waals surface area contributed by atoms with Gasteiger partial charge in [-0.15, -0.1) is 0 Å². The molecule has 0 aliphatic rings. The van der Waals surface area contributed by atoms with Crippen molar-refractivity contribution in [2.75, 3.05) is 26.1 Å². The molecule has 0 saturated carbocycles. The minimum atomic E-state index is -0.795. The van der Waals surface area contributed by atoms with Crippen LogP contribution in [0.25, 0.3) is 0 Å². The second kappa shape index (κ2) is 7.72. The molecule has 8 heteroatoms. The molecule has 20 heavy (non-hydrogen) atoms. The number of nitrogens with one attached hydrogen (secondary N) is 1. The second-order valence-corrected chi connectivity index (χ2v) is 5.52. The number of anilines is 1. The van der Waals surface area contributed by atoms with Gasteiger partial charge in [0, 0.05) is 22.6 Å². The smallest absolute Gasteiger partial charge is 0.340 e. The Kier molecular flexibility index (Phi) is 6.60. The van der Waals surface area contributed by atoms with Gasteiger partial charge in [0.05, 0.1) is 18.4 Å². The molecule has 1 aromatic rings. The van der Waals surface area contributed by atoms with Crippen molar-refractivity contribution in [3.05, 3.63) is 26.6 Å². The molecule has 110 valence electrons. The quantitative estimate of drug-likeness (QED) is 0.725. The maximum Gasteiger partial charge on any atom is 0.340 e. The molecule has 1 amide bonds. The molecule has 3 N–H and O–H groups in total. The Morgan fingerprint density at radius 2 is 2.00 bits per heavy atom. The molecule has 0 spiro atoms. The van der Waals surface area contributed by atoms with Gasteiger partial charge in [-0.05, 0) is 28.1 Å². The fourth-order valence-electron chi connectivity index (χ4n) is 1.49. The lowest BCUT2D eigenvalue weighted by molar-refractivity contribution is -0.125. The maximum atomic E-state index is 12.0. The molecule has 0 fully saturated rings. The van der Waals surface area contributed by atoms with Crippen LogP contribution >= 0.6 is 31.9 Å². The molecule has 1 aromatic carbocycles. The topological polar surface area (TPSA) is 90.7 Å². The Morgan fingerprint density at radius 3 is 2.50 bits per heavy atom. The van der Waals surface area contributed by atoms with E-state index in [1.807, 2.05) is 0 Å². The standard InChI is InChI=1S/C12H14Br2N2O4/c1-19-9(5-15)11(17)16-10-7(12(18)20-2)3-6(13)4-8(10)14/h3-4,9H,5,15H2,1-2H3,(H,16,17).